The van der Waals surface area contributed by atoms with E-state index in [0.717, 1.165) is 12.0 Å². The number of carbonyl (C=O) groups is 2. The zero-order chi connectivity index (χ0) is 17.5. The van der Waals surface area contributed by atoms with E-state index in [2.05, 4.69) is 17.6 Å². The minimum Gasteiger partial charge on any atom is -0.481 e. The maximum Gasteiger partial charge on any atom is 0.315 e. The van der Waals surface area contributed by atoms with Crippen LogP contribution in [0.25, 0.3) is 0 Å². The van der Waals surface area contributed by atoms with Gasteiger partial charge in [0.1, 0.15) is 0 Å². The van der Waals surface area contributed by atoms with E-state index in [1.165, 1.54) is 5.56 Å². The van der Waals surface area contributed by atoms with E-state index in [1.54, 1.807) is 0 Å². The lowest BCUT2D eigenvalue weighted by Crippen LogP contribution is -2.45. The number of carboxylic acid groups (broad SMARTS) is 1. The highest BCUT2D eigenvalue weighted by Gasteiger charge is 2.26. The predicted molar refractivity (Wildman–Crippen MR) is 90.7 cm³/mol. The number of urea groups is 1. The molecule has 0 bridgehead atoms. The Morgan fingerprint density at radius 3 is 2.33 bits per heavy atom. The van der Waals surface area contributed by atoms with Crippen molar-refractivity contribution in [3.8, 4) is 0 Å². The molecule has 1 aromatic rings. The molecule has 0 aromatic heterocycles. The summed E-state index contributed by atoms with van der Waals surface area (Å²) in [5.41, 5.74) is 1.98. The molecule has 1 fully saturated rings. The largest absolute Gasteiger partial charge is 0.481 e. The maximum atomic E-state index is 11.9. The second-order valence-corrected chi connectivity index (χ2v) is 6.35. The van der Waals surface area contributed by atoms with Crippen LogP contribution in [-0.2, 0) is 11.2 Å². The minimum absolute atomic E-state index is 0.00146. The molecule has 2 amide bonds. The molecule has 0 saturated heterocycles. The number of carboxylic acids is 1. The first-order chi connectivity index (χ1) is 11.5. The molecule has 4 N–H and O–H groups in total. The van der Waals surface area contributed by atoms with Crippen molar-refractivity contribution in [3.05, 3.63) is 35.4 Å². The van der Waals surface area contributed by atoms with Crippen LogP contribution in [0.5, 0.6) is 0 Å². The Balaban J connectivity index is 1.71. The van der Waals surface area contributed by atoms with Crippen LogP contribution in [0, 0.1) is 5.92 Å². The predicted octanol–water partition coefficient (Wildman–Crippen LogP) is 2.22. The number of aliphatic hydroxyl groups is 1. The summed E-state index contributed by atoms with van der Waals surface area (Å²) >= 11 is 0. The van der Waals surface area contributed by atoms with E-state index < -0.39 is 12.1 Å². The molecular weight excluding hydrogens is 308 g/mol. The summed E-state index contributed by atoms with van der Waals surface area (Å²) in [5.74, 6) is -1.05. The molecule has 1 saturated carbocycles. The lowest BCUT2D eigenvalue weighted by Gasteiger charge is -2.27. The number of aryl methyl sites for hydroxylation is 1. The third kappa shape index (κ3) is 5.23. The van der Waals surface area contributed by atoms with Crippen molar-refractivity contribution in [2.24, 2.45) is 5.92 Å². The summed E-state index contributed by atoms with van der Waals surface area (Å²) in [6.07, 6.45) is 2.72. The Bertz CT molecular complexity index is 551. The zero-order valence-electron chi connectivity index (χ0n) is 14.0. The molecule has 1 aromatic carbocycles. The lowest BCUT2D eigenvalue weighted by atomic mass is 9.86. The quantitative estimate of drug-likeness (QED) is 0.641. The van der Waals surface area contributed by atoms with Gasteiger partial charge in [0, 0.05) is 12.6 Å². The fraction of sp³-hybridized carbons (Fsp3) is 0.556. The molecule has 0 radical (unpaired) electrons. The Labute approximate surface area is 142 Å². The van der Waals surface area contributed by atoms with E-state index in [-0.39, 0.29) is 24.5 Å². The van der Waals surface area contributed by atoms with Crippen LogP contribution in [0.2, 0.25) is 0 Å². The van der Waals surface area contributed by atoms with Gasteiger partial charge in [-0.05, 0) is 43.2 Å². The first-order valence-corrected chi connectivity index (χ1v) is 8.53. The van der Waals surface area contributed by atoms with Gasteiger partial charge in [0.25, 0.3) is 0 Å². The molecule has 1 atom stereocenters. The van der Waals surface area contributed by atoms with Gasteiger partial charge in [-0.15, -0.1) is 0 Å². The first-order valence-electron chi connectivity index (χ1n) is 8.53. The van der Waals surface area contributed by atoms with E-state index in [1.807, 2.05) is 24.3 Å². The van der Waals surface area contributed by atoms with E-state index in [9.17, 15) is 14.7 Å². The first kappa shape index (κ1) is 18.3. The van der Waals surface area contributed by atoms with E-state index in [4.69, 9.17) is 5.11 Å². The highest BCUT2D eigenvalue weighted by atomic mass is 16.4. The lowest BCUT2D eigenvalue weighted by molar-refractivity contribution is -0.142. The fourth-order valence-corrected chi connectivity index (χ4v) is 3.00. The monoisotopic (exact) mass is 334 g/mol. The zero-order valence-corrected chi connectivity index (χ0v) is 14.0. The molecule has 2 rings (SSSR count). The van der Waals surface area contributed by atoms with Crippen LogP contribution in [-0.4, -0.2) is 34.8 Å². The number of hydrogen-bond acceptors (Lipinski definition) is 3. The van der Waals surface area contributed by atoms with E-state index in [0.29, 0.717) is 25.7 Å². The van der Waals surface area contributed by atoms with Gasteiger partial charge in [-0.1, -0.05) is 31.2 Å². The van der Waals surface area contributed by atoms with Gasteiger partial charge >= 0.3 is 12.0 Å². The summed E-state index contributed by atoms with van der Waals surface area (Å²) in [6.45, 7) is 2.21. The second kappa shape index (κ2) is 8.68. The number of carbonyl (C=O) groups excluding carboxylic acids is 1. The average Bonchev–Trinajstić information content (AvgIpc) is 2.60. The topological polar surface area (TPSA) is 98.7 Å². The van der Waals surface area contributed by atoms with Crippen LogP contribution in [0.1, 0.15) is 49.8 Å². The standard InChI is InChI=1S/C18H26N2O4/c1-2-12-3-5-13(6-4-12)16(21)11-19-18(24)20-15-9-7-14(8-10-15)17(22)23/h3-6,14-16,21H,2,7-11H2,1H3,(H,22,23)(H2,19,20,24). The number of hydrogen-bond donors (Lipinski definition) is 4. The number of amides is 2. The molecular formula is C18H26N2O4. The molecule has 1 aliphatic rings. The highest BCUT2D eigenvalue weighted by Crippen LogP contribution is 2.24. The molecule has 6 nitrogen and oxygen atoms in total. The van der Waals surface area contributed by atoms with E-state index >= 15 is 0 Å². The molecule has 6 heteroatoms. The molecule has 1 unspecified atom stereocenters. The van der Waals surface area contributed by atoms with Crippen LogP contribution in [0.3, 0.4) is 0 Å². The Morgan fingerprint density at radius 1 is 1.17 bits per heavy atom. The minimum atomic E-state index is -0.755. The van der Waals surface area contributed by atoms with Crippen molar-refractivity contribution in [1.29, 1.82) is 0 Å². The van der Waals surface area contributed by atoms with Crippen molar-refractivity contribution in [1.82, 2.24) is 10.6 Å². The van der Waals surface area contributed by atoms with Gasteiger partial charge in [-0.3, -0.25) is 4.79 Å². The van der Waals surface area contributed by atoms with Crippen LogP contribution < -0.4 is 10.6 Å². The molecule has 0 aliphatic heterocycles. The molecule has 0 spiro atoms. The number of aliphatic carboxylic acids is 1. The normalized spacial score (nSPS) is 21.8. The van der Waals surface area contributed by atoms with Crippen LogP contribution in [0.4, 0.5) is 4.79 Å². The smallest absolute Gasteiger partial charge is 0.315 e. The van der Waals surface area contributed by atoms with Crippen LogP contribution in [0.15, 0.2) is 24.3 Å². The number of benzene rings is 1. The van der Waals surface area contributed by atoms with Crippen molar-refractivity contribution in [2.75, 3.05) is 6.54 Å². The fourth-order valence-electron chi connectivity index (χ4n) is 3.00. The SMILES string of the molecule is CCc1ccc(C(O)CNC(=O)NC2CCC(C(=O)O)CC2)cc1. The summed E-state index contributed by atoms with van der Waals surface area (Å²) in [4.78, 5) is 22.8. The van der Waals surface area contributed by atoms with Gasteiger partial charge in [0.15, 0.2) is 0 Å². The second-order valence-electron chi connectivity index (χ2n) is 6.35. The van der Waals surface area contributed by atoms with Crippen molar-refractivity contribution < 1.29 is 19.8 Å². The third-order valence-corrected chi connectivity index (χ3v) is 4.64. The van der Waals surface area contributed by atoms with Crippen LogP contribution >= 0.6 is 0 Å². The maximum absolute atomic E-state index is 11.9. The summed E-state index contributed by atoms with van der Waals surface area (Å²) < 4.78 is 0. The molecule has 132 valence electrons. The van der Waals surface area contributed by atoms with Gasteiger partial charge in [-0.2, -0.15) is 0 Å². The summed E-state index contributed by atoms with van der Waals surface area (Å²) in [6, 6.07) is 7.37. The highest BCUT2D eigenvalue weighted by molar-refractivity contribution is 5.74. The summed E-state index contributed by atoms with van der Waals surface area (Å²) in [7, 11) is 0. The Morgan fingerprint density at radius 2 is 1.79 bits per heavy atom. The van der Waals surface area contributed by atoms with Crippen molar-refractivity contribution >= 4 is 12.0 Å². The third-order valence-electron chi connectivity index (χ3n) is 4.64. The number of rotatable bonds is 6. The number of nitrogens with one attached hydrogen (secondary N) is 2. The Hall–Kier alpha value is -2.08. The molecule has 0 heterocycles. The Kier molecular flexibility index (Phi) is 6.61. The van der Waals surface area contributed by atoms with Gasteiger partial charge < -0.3 is 20.8 Å². The van der Waals surface area contributed by atoms with Gasteiger partial charge in [0.05, 0.1) is 12.0 Å². The average molecular weight is 334 g/mol. The van der Waals surface area contributed by atoms with Gasteiger partial charge in [-0.25, -0.2) is 4.79 Å². The number of aliphatic hydroxyl groups excluding tert-OH is 1. The van der Waals surface area contributed by atoms with Gasteiger partial charge in [0.2, 0.25) is 0 Å². The van der Waals surface area contributed by atoms with Crippen molar-refractivity contribution in [3.63, 3.8) is 0 Å². The summed E-state index contributed by atoms with van der Waals surface area (Å²) in [5, 5.41) is 24.6. The molecule has 24 heavy (non-hydrogen) atoms. The van der Waals surface area contributed by atoms with Crippen molar-refractivity contribution in [2.45, 2.75) is 51.2 Å². The molecule has 1 aliphatic carbocycles.